The molecule has 33 heavy (non-hydrogen) atoms. The van der Waals surface area contributed by atoms with Gasteiger partial charge < -0.3 is 9.32 Å². The van der Waals surface area contributed by atoms with Crippen molar-refractivity contribution < 1.29 is 14.0 Å². The molecule has 5 rings (SSSR count). The maximum absolute atomic E-state index is 13.5. The van der Waals surface area contributed by atoms with Crippen LogP contribution in [-0.4, -0.2) is 63.3 Å². The minimum atomic E-state index is -0.704. The quantitative estimate of drug-likeness (QED) is 0.512. The van der Waals surface area contributed by atoms with E-state index in [1.54, 1.807) is 11.1 Å². The lowest BCUT2D eigenvalue weighted by Crippen LogP contribution is -2.56. The number of likely N-dealkylation sites (tertiary alicyclic amines) is 1. The van der Waals surface area contributed by atoms with Crippen molar-refractivity contribution in [3.05, 3.63) is 66.2 Å². The van der Waals surface area contributed by atoms with Gasteiger partial charge in [-0.15, -0.1) is 0 Å². The van der Waals surface area contributed by atoms with E-state index in [4.69, 9.17) is 4.42 Å². The maximum atomic E-state index is 13.5. The van der Waals surface area contributed by atoms with Gasteiger partial charge in [-0.05, 0) is 56.4 Å². The largest absolute Gasteiger partial charge is 0.460 e. The molecule has 0 unspecified atom stereocenters. The molecule has 7 nitrogen and oxygen atoms in total. The van der Waals surface area contributed by atoms with Crippen molar-refractivity contribution >= 4 is 22.9 Å². The van der Waals surface area contributed by atoms with Crippen molar-refractivity contribution in [1.82, 2.24) is 19.7 Å². The summed E-state index contributed by atoms with van der Waals surface area (Å²) in [7, 11) is 0. The highest BCUT2D eigenvalue weighted by molar-refractivity contribution is 6.07. The smallest absolute Gasteiger partial charge is 0.327 e. The van der Waals surface area contributed by atoms with E-state index in [-0.39, 0.29) is 11.9 Å². The Labute approximate surface area is 194 Å². The standard InChI is InChI=1S/C26H30N4O3/c1-2-30-25(32)29(14-6-8-20-7-5-13-27-18-20)24(31)26(30)11-15-28(16-12-26)19-22-17-21-9-3-4-10-23(21)33-22/h3-5,7,9-10,13,17-18H,2,6,8,11-12,14-16,19H2,1H3. The number of aromatic nitrogens is 1. The van der Waals surface area contributed by atoms with Crippen molar-refractivity contribution in [2.24, 2.45) is 0 Å². The molecule has 0 bridgehead atoms. The van der Waals surface area contributed by atoms with Gasteiger partial charge in [0.25, 0.3) is 5.91 Å². The predicted molar refractivity (Wildman–Crippen MR) is 126 cm³/mol. The Morgan fingerprint density at radius 1 is 1.09 bits per heavy atom. The van der Waals surface area contributed by atoms with Crippen molar-refractivity contribution in [2.75, 3.05) is 26.2 Å². The molecular weight excluding hydrogens is 416 g/mol. The number of piperidine rings is 1. The van der Waals surface area contributed by atoms with E-state index in [2.05, 4.69) is 22.0 Å². The molecule has 1 spiro atoms. The first-order valence-electron chi connectivity index (χ1n) is 11.8. The lowest BCUT2D eigenvalue weighted by Gasteiger charge is -2.41. The molecule has 2 aromatic heterocycles. The number of furan rings is 1. The Kier molecular flexibility index (Phi) is 5.89. The highest BCUT2D eigenvalue weighted by Gasteiger charge is 2.57. The summed E-state index contributed by atoms with van der Waals surface area (Å²) >= 11 is 0. The number of hydrogen-bond donors (Lipinski definition) is 0. The van der Waals surface area contributed by atoms with Crippen LogP contribution in [0.5, 0.6) is 0 Å². The van der Waals surface area contributed by atoms with E-state index >= 15 is 0 Å². The number of fused-ring (bicyclic) bond motifs is 1. The van der Waals surface area contributed by atoms with Gasteiger partial charge >= 0.3 is 6.03 Å². The lowest BCUT2D eigenvalue weighted by molar-refractivity contribution is -0.135. The SMILES string of the molecule is CCN1C(=O)N(CCCc2cccnc2)C(=O)C12CCN(Cc1cc3ccccc3o1)CC2. The number of carbonyl (C=O) groups excluding carboxylic acids is 2. The van der Waals surface area contributed by atoms with Gasteiger partial charge in [-0.3, -0.25) is 19.6 Å². The molecule has 1 aromatic carbocycles. The molecule has 4 heterocycles. The van der Waals surface area contributed by atoms with Crippen LogP contribution in [0.3, 0.4) is 0 Å². The zero-order valence-electron chi connectivity index (χ0n) is 19.1. The third kappa shape index (κ3) is 4.02. The molecule has 0 aliphatic carbocycles. The zero-order valence-corrected chi connectivity index (χ0v) is 19.1. The van der Waals surface area contributed by atoms with Gasteiger partial charge in [-0.25, -0.2) is 4.79 Å². The minimum Gasteiger partial charge on any atom is -0.460 e. The number of aryl methyl sites for hydroxylation is 1. The molecule has 7 heteroatoms. The van der Waals surface area contributed by atoms with Gasteiger partial charge in [0.1, 0.15) is 16.9 Å². The Morgan fingerprint density at radius 2 is 1.91 bits per heavy atom. The highest BCUT2D eigenvalue weighted by atomic mass is 16.3. The van der Waals surface area contributed by atoms with Crippen LogP contribution >= 0.6 is 0 Å². The van der Waals surface area contributed by atoms with Crippen LogP contribution in [0.1, 0.15) is 37.5 Å². The fourth-order valence-corrected chi connectivity index (χ4v) is 5.30. The van der Waals surface area contributed by atoms with Crippen molar-refractivity contribution in [3.63, 3.8) is 0 Å². The topological polar surface area (TPSA) is 69.9 Å². The van der Waals surface area contributed by atoms with Gasteiger partial charge in [0, 0.05) is 44.0 Å². The van der Waals surface area contributed by atoms with Gasteiger partial charge in [0.05, 0.1) is 6.54 Å². The number of likely N-dealkylation sites (N-methyl/N-ethyl adjacent to an activating group) is 1. The molecule has 2 aliphatic rings. The summed E-state index contributed by atoms with van der Waals surface area (Å²) in [6.07, 6.45) is 6.45. The third-order valence-corrected chi connectivity index (χ3v) is 7.05. The van der Waals surface area contributed by atoms with Crippen LogP contribution in [0.2, 0.25) is 0 Å². The number of urea groups is 1. The average molecular weight is 447 g/mol. The van der Waals surface area contributed by atoms with Crippen LogP contribution < -0.4 is 0 Å². The van der Waals surface area contributed by atoms with E-state index in [1.807, 2.05) is 43.5 Å². The molecule has 3 aromatic rings. The molecular formula is C26H30N4O3. The summed E-state index contributed by atoms with van der Waals surface area (Å²) in [5.41, 5.74) is 1.32. The van der Waals surface area contributed by atoms with E-state index in [0.717, 1.165) is 48.2 Å². The molecule has 0 saturated carbocycles. The second-order valence-corrected chi connectivity index (χ2v) is 9.01. The summed E-state index contributed by atoms with van der Waals surface area (Å²) in [5, 5.41) is 1.11. The Balaban J connectivity index is 1.23. The molecule has 3 amide bonds. The number of benzene rings is 1. The zero-order chi connectivity index (χ0) is 22.8. The molecule has 0 atom stereocenters. The number of para-hydroxylation sites is 1. The number of carbonyl (C=O) groups is 2. The summed E-state index contributed by atoms with van der Waals surface area (Å²) in [6.45, 7) is 5.20. The number of hydrogen-bond acceptors (Lipinski definition) is 5. The first kappa shape index (κ1) is 21.6. The number of pyridine rings is 1. The molecule has 2 fully saturated rings. The van der Waals surface area contributed by atoms with Crippen LogP contribution in [-0.2, 0) is 17.8 Å². The van der Waals surface area contributed by atoms with Gasteiger partial charge in [-0.2, -0.15) is 0 Å². The Morgan fingerprint density at radius 3 is 2.64 bits per heavy atom. The third-order valence-electron chi connectivity index (χ3n) is 7.05. The molecule has 172 valence electrons. The second-order valence-electron chi connectivity index (χ2n) is 9.01. The average Bonchev–Trinajstić information content (AvgIpc) is 3.33. The number of rotatable bonds is 7. The first-order valence-corrected chi connectivity index (χ1v) is 11.8. The summed E-state index contributed by atoms with van der Waals surface area (Å²) in [6, 6.07) is 13.9. The van der Waals surface area contributed by atoms with Crippen molar-refractivity contribution in [3.8, 4) is 0 Å². The van der Waals surface area contributed by atoms with E-state index in [9.17, 15) is 9.59 Å². The van der Waals surface area contributed by atoms with E-state index in [1.165, 1.54) is 4.90 Å². The Hall–Kier alpha value is -3.19. The lowest BCUT2D eigenvalue weighted by atomic mass is 9.85. The summed E-state index contributed by atoms with van der Waals surface area (Å²) < 4.78 is 5.98. The van der Waals surface area contributed by atoms with Crippen LogP contribution in [0.25, 0.3) is 11.0 Å². The summed E-state index contributed by atoms with van der Waals surface area (Å²) in [4.78, 5) is 36.4. The normalized spacial score (nSPS) is 18.7. The highest BCUT2D eigenvalue weighted by Crippen LogP contribution is 2.37. The molecule has 0 radical (unpaired) electrons. The molecule has 2 aliphatic heterocycles. The van der Waals surface area contributed by atoms with Crippen molar-refractivity contribution in [2.45, 2.75) is 44.7 Å². The van der Waals surface area contributed by atoms with Crippen LogP contribution in [0.15, 0.2) is 59.3 Å². The van der Waals surface area contributed by atoms with E-state index in [0.29, 0.717) is 32.5 Å². The van der Waals surface area contributed by atoms with E-state index < -0.39 is 5.54 Å². The fraction of sp³-hybridized carbons (Fsp3) is 0.423. The number of amides is 3. The second kappa shape index (κ2) is 8.98. The number of imide groups is 1. The maximum Gasteiger partial charge on any atom is 0.327 e. The summed E-state index contributed by atoms with van der Waals surface area (Å²) in [5.74, 6) is 0.911. The molecule has 2 saturated heterocycles. The number of nitrogens with zero attached hydrogens (tertiary/aromatic N) is 4. The van der Waals surface area contributed by atoms with Crippen LogP contribution in [0, 0.1) is 0 Å². The van der Waals surface area contributed by atoms with Gasteiger partial charge in [0.15, 0.2) is 0 Å². The fourth-order valence-electron chi connectivity index (χ4n) is 5.30. The van der Waals surface area contributed by atoms with Crippen LogP contribution in [0.4, 0.5) is 4.79 Å². The van der Waals surface area contributed by atoms with Crippen molar-refractivity contribution in [1.29, 1.82) is 0 Å². The van der Waals surface area contributed by atoms with Gasteiger partial charge in [0.2, 0.25) is 0 Å². The first-order chi connectivity index (χ1) is 16.1. The monoisotopic (exact) mass is 446 g/mol. The van der Waals surface area contributed by atoms with Gasteiger partial charge in [-0.1, -0.05) is 24.3 Å². The molecule has 0 N–H and O–H groups in total. The minimum absolute atomic E-state index is 0.0241. The Bertz CT molecular complexity index is 1100. The predicted octanol–water partition coefficient (Wildman–Crippen LogP) is 4.08.